The highest BCUT2D eigenvalue weighted by atomic mass is 35.5. The molecular formula is C23H34Cl2N4O2. The number of halogens is 2. The number of likely N-dealkylation sites (tertiary alicyclic amines) is 1. The van der Waals surface area contributed by atoms with Gasteiger partial charge in [0.15, 0.2) is 0 Å². The molecule has 1 aromatic rings. The number of benzene rings is 1. The third-order valence-electron chi connectivity index (χ3n) is 6.56. The van der Waals surface area contributed by atoms with Crippen molar-refractivity contribution < 1.29 is 9.59 Å². The van der Waals surface area contributed by atoms with Crippen molar-refractivity contribution in [3.63, 3.8) is 0 Å². The van der Waals surface area contributed by atoms with Crippen LogP contribution in [0.25, 0.3) is 0 Å². The number of primary amides is 1. The first-order chi connectivity index (χ1) is 14.5. The standard InChI is InChI=1S/C23H34Cl2N4O2/c1-23(2,3)20-15-27(14-17-4-5-18(24)19(25)12-17)10-11-29(20)21(30)13-16-6-8-28(9-7-16)22(26)31/h4-5,12,16,20H,6-11,13-15H2,1-3H3,(H2,26,31)/t20-/m1/s1. The van der Waals surface area contributed by atoms with E-state index in [-0.39, 0.29) is 23.4 Å². The zero-order valence-corrected chi connectivity index (χ0v) is 20.3. The summed E-state index contributed by atoms with van der Waals surface area (Å²) >= 11 is 12.2. The smallest absolute Gasteiger partial charge is 0.314 e. The van der Waals surface area contributed by atoms with Gasteiger partial charge in [0, 0.05) is 51.7 Å². The summed E-state index contributed by atoms with van der Waals surface area (Å²) in [5.41, 5.74) is 6.48. The third-order valence-corrected chi connectivity index (χ3v) is 7.30. The zero-order chi connectivity index (χ0) is 22.8. The van der Waals surface area contributed by atoms with Gasteiger partial charge in [-0.1, -0.05) is 50.0 Å². The van der Waals surface area contributed by atoms with Crippen molar-refractivity contribution in [3.05, 3.63) is 33.8 Å². The number of rotatable bonds is 4. The summed E-state index contributed by atoms with van der Waals surface area (Å²) in [4.78, 5) is 30.7. The molecule has 2 fully saturated rings. The molecule has 0 radical (unpaired) electrons. The number of piperazine rings is 1. The van der Waals surface area contributed by atoms with E-state index in [0.717, 1.165) is 44.6 Å². The van der Waals surface area contributed by atoms with E-state index in [4.69, 9.17) is 28.9 Å². The number of nitrogens with two attached hydrogens (primary N) is 1. The first kappa shape index (κ1) is 24.1. The topological polar surface area (TPSA) is 69.9 Å². The monoisotopic (exact) mass is 468 g/mol. The predicted octanol–water partition coefficient (Wildman–Crippen LogP) is 4.23. The van der Waals surface area contributed by atoms with Crippen LogP contribution in [0.4, 0.5) is 4.79 Å². The molecule has 1 aromatic carbocycles. The Kier molecular flexibility index (Phi) is 7.76. The summed E-state index contributed by atoms with van der Waals surface area (Å²) in [6.07, 6.45) is 2.23. The van der Waals surface area contributed by atoms with Crippen LogP contribution < -0.4 is 5.73 Å². The lowest BCUT2D eigenvalue weighted by Crippen LogP contribution is -2.59. The minimum absolute atomic E-state index is 0.0265. The van der Waals surface area contributed by atoms with Crippen molar-refractivity contribution in [3.8, 4) is 0 Å². The minimum Gasteiger partial charge on any atom is -0.351 e. The number of carbonyl (C=O) groups is 2. The van der Waals surface area contributed by atoms with Gasteiger partial charge in [-0.25, -0.2) is 4.79 Å². The summed E-state index contributed by atoms with van der Waals surface area (Å²) in [5, 5.41) is 1.14. The van der Waals surface area contributed by atoms with E-state index in [1.54, 1.807) is 4.90 Å². The molecule has 2 heterocycles. The summed E-state index contributed by atoms with van der Waals surface area (Å²) < 4.78 is 0. The quantitative estimate of drug-likeness (QED) is 0.718. The molecule has 6 nitrogen and oxygen atoms in total. The van der Waals surface area contributed by atoms with Crippen LogP contribution in [0.15, 0.2) is 18.2 Å². The highest BCUT2D eigenvalue weighted by Gasteiger charge is 2.38. The number of piperidine rings is 1. The van der Waals surface area contributed by atoms with Crippen molar-refractivity contribution in [1.82, 2.24) is 14.7 Å². The van der Waals surface area contributed by atoms with Crippen LogP contribution in [0, 0.1) is 11.3 Å². The van der Waals surface area contributed by atoms with E-state index in [1.165, 1.54) is 0 Å². The summed E-state index contributed by atoms with van der Waals surface area (Å²) in [6, 6.07) is 5.55. The molecule has 0 aromatic heterocycles. The molecule has 172 valence electrons. The summed E-state index contributed by atoms with van der Waals surface area (Å²) in [6.45, 7) is 11.1. The van der Waals surface area contributed by atoms with Crippen LogP contribution in [0.2, 0.25) is 10.0 Å². The fraction of sp³-hybridized carbons (Fsp3) is 0.652. The number of hydrogen-bond acceptors (Lipinski definition) is 3. The van der Waals surface area contributed by atoms with Crippen molar-refractivity contribution in [2.45, 2.75) is 52.6 Å². The molecule has 0 spiro atoms. The number of hydrogen-bond donors (Lipinski definition) is 1. The third kappa shape index (κ3) is 6.27. The Labute approximate surface area is 195 Å². The van der Waals surface area contributed by atoms with Gasteiger partial charge < -0.3 is 15.5 Å². The second-order valence-electron chi connectivity index (χ2n) is 9.93. The van der Waals surface area contributed by atoms with E-state index >= 15 is 0 Å². The van der Waals surface area contributed by atoms with Crippen molar-refractivity contribution in [2.24, 2.45) is 17.1 Å². The fourth-order valence-corrected chi connectivity index (χ4v) is 4.96. The molecule has 2 aliphatic rings. The maximum absolute atomic E-state index is 13.3. The highest BCUT2D eigenvalue weighted by Crippen LogP contribution is 2.31. The lowest BCUT2D eigenvalue weighted by molar-refractivity contribution is -0.141. The van der Waals surface area contributed by atoms with Crippen LogP contribution in [-0.2, 0) is 11.3 Å². The molecule has 1 atom stereocenters. The van der Waals surface area contributed by atoms with Gasteiger partial charge in [0.05, 0.1) is 10.0 Å². The van der Waals surface area contributed by atoms with E-state index in [0.29, 0.717) is 35.5 Å². The van der Waals surface area contributed by atoms with Gasteiger partial charge in [0.2, 0.25) is 5.91 Å². The number of amides is 3. The Hall–Kier alpha value is -1.50. The lowest BCUT2D eigenvalue weighted by Gasteiger charge is -2.48. The van der Waals surface area contributed by atoms with Crippen LogP contribution >= 0.6 is 23.2 Å². The summed E-state index contributed by atoms with van der Waals surface area (Å²) in [7, 11) is 0. The Balaban J connectivity index is 1.61. The van der Waals surface area contributed by atoms with Crippen LogP contribution in [-0.4, -0.2) is 65.4 Å². The molecule has 2 saturated heterocycles. The average molecular weight is 469 g/mol. The molecule has 2 N–H and O–H groups in total. The molecule has 0 unspecified atom stereocenters. The predicted molar refractivity (Wildman–Crippen MR) is 125 cm³/mol. The molecule has 3 rings (SSSR count). The maximum atomic E-state index is 13.3. The minimum atomic E-state index is -0.365. The Morgan fingerprint density at radius 2 is 1.74 bits per heavy atom. The maximum Gasteiger partial charge on any atom is 0.314 e. The van der Waals surface area contributed by atoms with Crippen molar-refractivity contribution >= 4 is 35.1 Å². The SMILES string of the molecule is CC(C)(C)[C@H]1CN(Cc2ccc(Cl)c(Cl)c2)CCN1C(=O)CC1CCN(C(N)=O)CC1. The Morgan fingerprint density at radius 1 is 1.06 bits per heavy atom. The molecule has 0 bridgehead atoms. The second kappa shape index (κ2) is 9.97. The fourth-order valence-electron chi connectivity index (χ4n) is 4.64. The van der Waals surface area contributed by atoms with E-state index in [2.05, 4.69) is 30.6 Å². The number of nitrogens with zero attached hydrogens (tertiary/aromatic N) is 3. The highest BCUT2D eigenvalue weighted by molar-refractivity contribution is 6.42. The summed E-state index contributed by atoms with van der Waals surface area (Å²) in [5.74, 6) is 0.546. The van der Waals surface area contributed by atoms with Gasteiger partial charge in [0.25, 0.3) is 0 Å². The molecule has 0 aliphatic carbocycles. The number of carbonyl (C=O) groups excluding carboxylic acids is 2. The Bertz CT molecular complexity index is 803. The van der Waals surface area contributed by atoms with E-state index < -0.39 is 0 Å². The molecule has 8 heteroatoms. The van der Waals surface area contributed by atoms with E-state index in [9.17, 15) is 9.59 Å². The first-order valence-electron chi connectivity index (χ1n) is 11.0. The largest absolute Gasteiger partial charge is 0.351 e. The lowest BCUT2D eigenvalue weighted by atomic mass is 9.83. The van der Waals surface area contributed by atoms with Crippen molar-refractivity contribution in [2.75, 3.05) is 32.7 Å². The normalized spacial score (nSPS) is 21.4. The van der Waals surface area contributed by atoms with Crippen LogP contribution in [0.5, 0.6) is 0 Å². The molecule has 31 heavy (non-hydrogen) atoms. The molecular weight excluding hydrogens is 435 g/mol. The first-order valence-corrected chi connectivity index (χ1v) is 11.8. The van der Waals surface area contributed by atoms with Crippen LogP contribution in [0.1, 0.15) is 45.6 Å². The molecule has 2 aliphatic heterocycles. The van der Waals surface area contributed by atoms with Gasteiger partial charge in [-0.3, -0.25) is 9.69 Å². The van der Waals surface area contributed by atoms with Gasteiger partial charge in [0.1, 0.15) is 0 Å². The van der Waals surface area contributed by atoms with Gasteiger partial charge in [-0.2, -0.15) is 0 Å². The van der Waals surface area contributed by atoms with Gasteiger partial charge >= 0.3 is 6.03 Å². The average Bonchev–Trinajstić information content (AvgIpc) is 2.70. The Morgan fingerprint density at radius 3 is 2.32 bits per heavy atom. The molecule has 3 amide bonds. The number of urea groups is 1. The van der Waals surface area contributed by atoms with Crippen LogP contribution in [0.3, 0.4) is 0 Å². The molecule has 0 saturated carbocycles. The van der Waals surface area contributed by atoms with E-state index in [1.807, 2.05) is 18.2 Å². The second-order valence-corrected chi connectivity index (χ2v) is 10.7. The zero-order valence-electron chi connectivity index (χ0n) is 18.7. The van der Waals surface area contributed by atoms with Crippen molar-refractivity contribution in [1.29, 1.82) is 0 Å². The van der Waals surface area contributed by atoms with Gasteiger partial charge in [-0.05, 0) is 41.9 Å². The van der Waals surface area contributed by atoms with Gasteiger partial charge in [-0.15, -0.1) is 0 Å².